The molecular weight excluding hydrogens is 438 g/mol. The maximum Gasteiger partial charge on any atom is 0.338 e. The topological polar surface area (TPSA) is 84.1 Å². The summed E-state index contributed by atoms with van der Waals surface area (Å²) in [5.41, 5.74) is 2.91. The second kappa shape index (κ2) is 9.07. The van der Waals surface area contributed by atoms with Crippen LogP contribution in [0, 0.1) is 0 Å². The lowest BCUT2D eigenvalue weighted by molar-refractivity contribution is -0.139. The van der Waals surface area contributed by atoms with E-state index in [0.29, 0.717) is 26.2 Å². The third kappa shape index (κ3) is 4.21. The van der Waals surface area contributed by atoms with Crippen molar-refractivity contribution >= 4 is 29.1 Å². The van der Waals surface area contributed by atoms with Gasteiger partial charge < -0.3 is 14.7 Å². The van der Waals surface area contributed by atoms with Crippen molar-refractivity contribution in [2.45, 2.75) is 19.9 Å². The number of ether oxygens (including phenoxy) is 1. The number of carbonyl (C=O) groups excluding carboxylic acids is 1. The van der Waals surface area contributed by atoms with Crippen molar-refractivity contribution < 1.29 is 14.6 Å². The fourth-order valence-corrected chi connectivity index (χ4v) is 4.85. The Hall–Kier alpha value is -3.65. The molecule has 1 aliphatic rings. The van der Waals surface area contributed by atoms with E-state index in [4.69, 9.17) is 4.74 Å². The number of allylic oxidation sites excluding steroid dienone is 1. The quantitative estimate of drug-likeness (QED) is 0.588. The molecule has 33 heavy (non-hydrogen) atoms. The summed E-state index contributed by atoms with van der Waals surface area (Å²) in [6, 6.07) is 13.9. The molecule has 0 spiro atoms. The minimum Gasteiger partial charge on any atom is -0.507 e. The normalized spacial score (nSPS) is 15.8. The van der Waals surface area contributed by atoms with Crippen LogP contribution in [0.15, 0.2) is 69.6 Å². The number of hydrogen-bond donors (Lipinski definition) is 1. The van der Waals surface area contributed by atoms with Gasteiger partial charge >= 0.3 is 5.97 Å². The molecule has 3 aromatic rings. The molecule has 2 aromatic carbocycles. The number of aromatic nitrogens is 1. The van der Waals surface area contributed by atoms with Crippen LogP contribution in [0.25, 0.3) is 6.08 Å². The molecule has 170 valence electrons. The van der Waals surface area contributed by atoms with E-state index in [1.54, 1.807) is 48.8 Å². The van der Waals surface area contributed by atoms with Crippen LogP contribution in [0.4, 0.5) is 5.69 Å². The van der Waals surface area contributed by atoms with Gasteiger partial charge in [0.2, 0.25) is 0 Å². The fraction of sp³-hybridized carbons (Fsp3) is 0.240. The molecule has 0 aliphatic carbocycles. The highest BCUT2D eigenvalue weighted by Crippen LogP contribution is 2.31. The Bertz CT molecular complexity index is 1420. The number of para-hydroxylation sites is 1. The molecule has 0 saturated heterocycles. The Labute approximate surface area is 195 Å². The maximum atomic E-state index is 13.5. The summed E-state index contributed by atoms with van der Waals surface area (Å²) in [4.78, 5) is 33.5. The minimum atomic E-state index is -0.664. The van der Waals surface area contributed by atoms with Gasteiger partial charge in [-0.25, -0.2) is 9.79 Å². The Kier molecular flexibility index (Phi) is 6.20. The van der Waals surface area contributed by atoms with Gasteiger partial charge in [-0.1, -0.05) is 41.7 Å². The molecule has 0 amide bonds. The van der Waals surface area contributed by atoms with E-state index in [1.807, 2.05) is 43.3 Å². The molecule has 8 heteroatoms. The number of benzene rings is 2. The second-order valence-electron chi connectivity index (χ2n) is 7.85. The SMILES string of the molecule is CCOC(=O)C1=C(C)N=c2s/c(=C\c3ccccc3O)c(=O)n2C1c1ccc(N(C)C)cc1. The van der Waals surface area contributed by atoms with E-state index >= 15 is 0 Å². The highest BCUT2D eigenvalue weighted by atomic mass is 32.1. The fourth-order valence-electron chi connectivity index (χ4n) is 3.81. The van der Waals surface area contributed by atoms with Crippen LogP contribution >= 0.6 is 11.3 Å². The Morgan fingerprint density at radius 3 is 2.55 bits per heavy atom. The van der Waals surface area contributed by atoms with Crippen LogP contribution in [0.5, 0.6) is 5.75 Å². The molecule has 1 aliphatic heterocycles. The van der Waals surface area contributed by atoms with Crippen LogP contribution in [0.1, 0.15) is 31.0 Å². The van der Waals surface area contributed by atoms with Crippen molar-refractivity contribution in [3.8, 4) is 5.75 Å². The third-order valence-electron chi connectivity index (χ3n) is 5.47. The standard InChI is InChI=1S/C25H25N3O4S/c1-5-32-24(31)21-15(2)26-25-28(22(21)16-10-12-18(13-11-16)27(3)4)23(30)20(33-25)14-17-8-6-7-9-19(17)29/h6-14,22,29H,5H2,1-4H3/b20-14-. The molecular formula is C25H25N3O4S. The van der Waals surface area contributed by atoms with Gasteiger partial charge in [0.05, 0.1) is 28.5 Å². The lowest BCUT2D eigenvalue weighted by Crippen LogP contribution is -2.39. The predicted octanol–water partition coefficient (Wildman–Crippen LogP) is 2.57. The molecule has 0 saturated carbocycles. The van der Waals surface area contributed by atoms with E-state index < -0.39 is 12.0 Å². The molecule has 0 fully saturated rings. The summed E-state index contributed by atoms with van der Waals surface area (Å²) in [6.07, 6.45) is 1.65. The summed E-state index contributed by atoms with van der Waals surface area (Å²) in [5, 5.41) is 10.1. The zero-order chi connectivity index (χ0) is 23.7. The molecule has 1 N–H and O–H groups in total. The monoisotopic (exact) mass is 463 g/mol. The summed E-state index contributed by atoms with van der Waals surface area (Å²) in [7, 11) is 3.90. The highest BCUT2D eigenvalue weighted by molar-refractivity contribution is 7.07. The number of fused-ring (bicyclic) bond motifs is 1. The number of carbonyl (C=O) groups is 1. The van der Waals surface area contributed by atoms with Crippen molar-refractivity contribution in [3.63, 3.8) is 0 Å². The van der Waals surface area contributed by atoms with Gasteiger partial charge in [0.25, 0.3) is 5.56 Å². The van der Waals surface area contributed by atoms with Crippen molar-refractivity contribution in [3.05, 3.63) is 90.6 Å². The van der Waals surface area contributed by atoms with Gasteiger partial charge in [0, 0.05) is 25.3 Å². The van der Waals surface area contributed by atoms with E-state index in [9.17, 15) is 14.7 Å². The second-order valence-corrected chi connectivity index (χ2v) is 8.86. The van der Waals surface area contributed by atoms with Crippen LogP contribution in [-0.2, 0) is 9.53 Å². The van der Waals surface area contributed by atoms with Gasteiger partial charge in [-0.05, 0) is 43.7 Å². The van der Waals surface area contributed by atoms with Gasteiger partial charge in [-0.3, -0.25) is 9.36 Å². The smallest absolute Gasteiger partial charge is 0.338 e. The first kappa shape index (κ1) is 22.5. The van der Waals surface area contributed by atoms with Gasteiger partial charge in [0.15, 0.2) is 4.80 Å². The first-order valence-electron chi connectivity index (χ1n) is 10.6. The molecule has 0 bridgehead atoms. The Balaban J connectivity index is 1.95. The van der Waals surface area contributed by atoms with E-state index in [0.717, 1.165) is 11.3 Å². The maximum absolute atomic E-state index is 13.5. The first-order chi connectivity index (χ1) is 15.8. The Morgan fingerprint density at radius 1 is 1.21 bits per heavy atom. The van der Waals surface area contributed by atoms with E-state index in [-0.39, 0.29) is 17.9 Å². The molecule has 0 radical (unpaired) electrons. The summed E-state index contributed by atoms with van der Waals surface area (Å²) >= 11 is 1.23. The third-order valence-corrected chi connectivity index (χ3v) is 6.45. The van der Waals surface area contributed by atoms with Crippen molar-refractivity contribution in [1.29, 1.82) is 0 Å². The number of thiazole rings is 1. The van der Waals surface area contributed by atoms with Crippen LogP contribution < -0.4 is 19.8 Å². The molecule has 1 unspecified atom stereocenters. The summed E-state index contributed by atoms with van der Waals surface area (Å²) in [6.45, 7) is 3.73. The van der Waals surface area contributed by atoms with Crippen molar-refractivity contribution in [2.75, 3.05) is 25.6 Å². The number of aromatic hydroxyl groups is 1. The molecule has 7 nitrogen and oxygen atoms in total. The number of nitrogens with zero attached hydrogens (tertiary/aromatic N) is 3. The van der Waals surface area contributed by atoms with Gasteiger partial charge in [-0.2, -0.15) is 0 Å². The molecule has 1 atom stereocenters. The van der Waals surface area contributed by atoms with Crippen molar-refractivity contribution in [1.82, 2.24) is 4.57 Å². The van der Waals surface area contributed by atoms with Crippen LogP contribution in [0.3, 0.4) is 0 Å². The number of rotatable bonds is 5. The molecule has 1 aromatic heterocycles. The lowest BCUT2D eigenvalue weighted by Gasteiger charge is -2.25. The number of phenols is 1. The van der Waals surface area contributed by atoms with Crippen LogP contribution in [-0.4, -0.2) is 36.3 Å². The predicted molar refractivity (Wildman–Crippen MR) is 129 cm³/mol. The zero-order valence-corrected chi connectivity index (χ0v) is 19.7. The number of hydrogen-bond acceptors (Lipinski definition) is 7. The number of esters is 1. The van der Waals surface area contributed by atoms with Gasteiger partial charge in [-0.15, -0.1) is 0 Å². The lowest BCUT2D eigenvalue weighted by atomic mass is 9.95. The molecule has 4 rings (SSSR count). The highest BCUT2D eigenvalue weighted by Gasteiger charge is 2.33. The van der Waals surface area contributed by atoms with Gasteiger partial charge in [0.1, 0.15) is 5.75 Å². The average Bonchev–Trinajstić information content (AvgIpc) is 3.09. The van der Waals surface area contributed by atoms with Crippen LogP contribution in [0.2, 0.25) is 0 Å². The Morgan fingerprint density at radius 2 is 1.91 bits per heavy atom. The zero-order valence-electron chi connectivity index (χ0n) is 18.9. The number of phenolic OH excluding ortho intramolecular Hbond substituents is 1. The number of anilines is 1. The molecule has 2 heterocycles. The summed E-state index contributed by atoms with van der Waals surface area (Å²) < 4.78 is 7.28. The minimum absolute atomic E-state index is 0.0857. The van der Waals surface area contributed by atoms with Crippen molar-refractivity contribution in [2.24, 2.45) is 4.99 Å². The van der Waals surface area contributed by atoms with E-state index in [2.05, 4.69) is 4.99 Å². The first-order valence-corrected chi connectivity index (χ1v) is 11.4. The summed E-state index contributed by atoms with van der Waals surface area (Å²) in [5.74, 6) is -0.405. The average molecular weight is 464 g/mol. The largest absolute Gasteiger partial charge is 0.507 e. The van der Waals surface area contributed by atoms with E-state index in [1.165, 1.54) is 11.3 Å².